The van der Waals surface area contributed by atoms with E-state index < -0.39 is 0 Å². The van der Waals surface area contributed by atoms with Gasteiger partial charge in [-0.15, -0.1) is 11.3 Å². The van der Waals surface area contributed by atoms with Crippen LogP contribution in [0, 0.1) is 6.92 Å². The number of fused-ring (bicyclic) bond motifs is 2. The Morgan fingerprint density at radius 3 is 2.73 bits per heavy atom. The van der Waals surface area contributed by atoms with Gasteiger partial charge in [0.15, 0.2) is 11.3 Å². The number of hydrogen-bond acceptors (Lipinski definition) is 7. The Bertz CT molecular complexity index is 2070. The minimum absolute atomic E-state index is 0.229. The van der Waals surface area contributed by atoms with Crippen LogP contribution in [-0.4, -0.2) is 41.2 Å². The van der Waals surface area contributed by atoms with E-state index in [4.69, 9.17) is 14.8 Å². The van der Waals surface area contributed by atoms with E-state index in [9.17, 15) is 4.79 Å². The Hall–Kier alpha value is -5.09. The van der Waals surface area contributed by atoms with Crippen molar-refractivity contribution in [2.24, 2.45) is 0 Å². The topological polar surface area (TPSA) is 92.6 Å². The fourth-order valence-corrected chi connectivity index (χ4v) is 5.57. The molecule has 0 unspecified atom stereocenters. The van der Waals surface area contributed by atoms with E-state index in [0.29, 0.717) is 23.6 Å². The van der Waals surface area contributed by atoms with Gasteiger partial charge in [-0.1, -0.05) is 24.3 Å². The molecule has 2 aromatic carbocycles. The van der Waals surface area contributed by atoms with Crippen LogP contribution in [0.5, 0.6) is 5.75 Å². The van der Waals surface area contributed by atoms with Gasteiger partial charge in [-0.2, -0.15) is 10.2 Å². The molecule has 10 heteroatoms. The van der Waals surface area contributed by atoms with E-state index in [-0.39, 0.29) is 5.56 Å². The minimum atomic E-state index is -0.229. The van der Waals surface area contributed by atoms with Crippen molar-refractivity contribution in [3.8, 4) is 28.5 Å². The number of ether oxygens (including phenoxy) is 1. The quantitative estimate of drug-likeness (QED) is 0.277. The number of thiazole rings is 1. The number of pyridine rings is 2. The van der Waals surface area contributed by atoms with Crippen molar-refractivity contribution in [2.75, 3.05) is 7.11 Å². The van der Waals surface area contributed by atoms with Crippen LogP contribution < -0.4 is 10.3 Å². The fourth-order valence-electron chi connectivity index (χ4n) is 4.85. The smallest absolute Gasteiger partial charge is 0.283 e. The standard InChI is InChI=1S/C30H23N7O2S/c1-19-4-3-5-27(33-19)37-29(21-8-11-25-26(14-21)40-18-31-25)24-12-13-36(30(38)28(24)34-37)22-15-32-35(17-22)16-20-6-9-23(39-2)10-7-20/h3-15,17-18H,16H2,1-2H3. The summed E-state index contributed by atoms with van der Waals surface area (Å²) in [5.41, 5.74) is 7.24. The average Bonchev–Trinajstić information content (AvgIpc) is 3.72. The largest absolute Gasteiger partial charge is 0.497 e. The summed E-state index contributed by atoms with van der Waals surface area (Å²) in [6, 6.07) is 21.6. The molecular formula is C30H23N7O2S. The van der Waals surface area contributed by atoms with Crippen LogP contribution >= 0.6 is 11.3 Å². The van der Waals surface area contributed by atoms with E-state index in [2.05, 4.69) is 16.1 Å². The lowest BCUT2D eigenvalue weighted by molar-refractivity contribution is 0.414. The summed E-state index contributed by atoms with van der Waals surface area (Å²) in [5.74, 6) is 1.45. The summed E-state index contributed by atoms with van der Waals surface area (Å²) in [5, 5.41) is 10.1. The molecule has 5 aromatic heterocycles. The maximum Gasteiger partial charge on any atom is 0.283 e. The first kappa shape index (κ1) is 24.0. The van der Waals surface area contributed by atoms with Gasteiger partial charge in [0.25, 0.3) is 5.56 Å². The first-order valence-corrected chi connectivity index (χ1v) is 13.5. The molecule has 0 atom stereocenters. The van der Waals surface area contributed by atoms with Crippen molar-refractivity contribution in [1.29, 1.82) is 0 Å². The summed E-state index contributed by atoms with van der Waals surface area (Å²) >= 11 is 1.58. The number of methoxy groups -OCH3 is 1. The maximum absolute atomic E-state index is 13.8. The summed E-state index contributed by atoms with van der Waals surface area (Å²) < 4.78 is 11.5. The molecule has 0 fully saturated rings. The Labute approximate surface area is 232 Å². The Morgan fingerprint density at radius 1 is 1.02 bits per heavy atom. The minimum Gasteiger partial charge on any atom is -0.497 e. The number of nitrogens with zero attached hydrogens (tertiary/aromatic N) is 7. The molecule has 0 N–H and O–H groups in total. The molecule has 0 aliphatic heterocycles. The molecule has 5 heterocycles. The molecule has 0 bridgehead atoms. The van der Waals surface area contributed by atoms with Gasteiger partial charge in [-0.3, -0.25) is 14.0 Å². The Kier molecular flexibility index (Phi) is 5.75. The highest BCUT2D eigenvalue weighted by Crippen LogP contribution is 2.32. The lowest BCUT2D eigenvalue weighted by Gasteiger charge is -2.08. The first-order valence-electron chi connectivity index (χ1n) is 12.7. The van der Waals surface area contributed by atoms with Crippen LogP contribution in [0.2, 0.25) is 0 Å². The van der Waals surface area contributed by atoms with Crippen molar-refractivity contribution in [3.05, 3.63) is 112 Å². The number of aryl methyl sites for hydroxylation is 1. The van der Waals surface area contributed by atoms with Gasteiger partial charge in [0.05, 0.1) is 47.0 Å². The van der Waals surface area contributed by atoms with Gasteiger partial charge < -0.3 is 4.74 Å². The van der Waals surface area contributed by atoms with Crippen LogP contribution in [0.1, 0.15) is 11.3 Å². The van der Waals surface area contributed by atoms with Crippen LogP contribution in [0.4, 0.5) is 0 Å². The molecule has 7 aromatic rings. The molecule has 0 radical (unpaired) electrons. The third kappa shape index (κ3) is 4.15. The third-order valence-corrected chi connectivity index (χ3v) is 7.62. The van der Waals surface area contributed by atoms with E-state index in [0.717, 1.165) is 43.9 Å². The van der Waals surface area contributed by atoms with Crippen molar-refractivity contribution in [2.45, 2.75) is 13.5 Å². The van der Waals surface area contributed by atoms with E-state index >= 15 is 0 Å². The highest BCUT2D eigenvalue weighted by Gasteiger charge is 2.20. The zero-order valence-corrected chi connectivity index (χ0v) is 22.5. The zero-order chi connectivity index (χ0) is 27.2. The predicted molar refractivity (Wildman–Crippen MR) is 156 cm³/mol. The van der Waals surface area contributed by atoms with Gasteiger partial charge >= 0.3 is 0 Å². The van der Waals surface area contributed by atoms with E-state index in [1.165, 1.54) is 0 Å². The van der Waals surface area contributed by atoms with Crippen molar-refractivity contribution < 1.29 is 4.74 Å². The highest BCUT2D eigenvalue weighted by atomic mass is 32.1. The monoisotopic (exact) mass is 545 g/mol. The molecule has 196 valence electrons. The van der Waals surface area contributed by atoms with Crippen molar-refractivity contribution in [1.82, 2.24) is 34.1 Å². The second kappa shape index (κ2) is 9.58. The van der Waals surface area contributed by atoms with Gasteiger partial charge in [-0.25, -0.2) is 14.6 Å². The molecule has 7 rings (SSSR count). The average molecular weight is 546 g/mol. The number of rotatable bonds is 6. The zero-order valence-electron chi connectivity index (χ0n) is 21.7. The molecule has 0 aliphatic carbocycles. The second-order valence-electron chi connectivity index (χ2n) is 9.43. The lowest BCUT2D eigenvalue weighted by Crippen LogP contribution is -2.17. The summed E-state index contributed by atoms with van der Waals surface area (Å²) in [6.45, 7) is 2.51. The molecule has 0 saturated carbocycles. The molecule has 9 nitrogen and oxygen atoms in total. The van der Waals surface area contributed by atoms with Crippen LogP contribution in [0.3, 0.4) is 0 Å². The van der Waals surface area contributed by atoms with Gasteiger partial charge in [0, 0.05) is 29.0 Å². The first-order chi connectivity index (χ1) is 19.6. The normalized spacial score (nSPS) is 11.4. The predicted octanol–water partition coefficient (Wildman–Crippen LogP) is 5.41. The van der Waals surface area contributed by atoms with Crippen LogP contribution in [0.15, 0.2) is 95.6 Å². The lowest BCUT2D eigenvalue weighted by atomic mass is 10.1. The molecular weight excluding hydrogens is 522 g/mol. The Balaban J connectivity index is 1.34. The van der Waals surface area contributed by atoms with Crippen LogP contribution in [0.25, 0.3) is 43.9 Å². The summed E-state index contributed by atoms with van der Waals surface area (Å²) in [4.78, 5) is 23.0. The van der Waals surface area contributed by atoms with Crippen LogP contribution in [-0.2, 0) is 6.54 Å². The van der Waals surface area contributed by atoms with Crippen molar-refractivity contribution >= 4 is 32.5 Å². The van der Waals surface area contributed by atoms with E-state index in [1.807, 2.05) is 79.3 Å². The van der Waals surface area contributed by atoms with Crippen molar-refractivity contribution in [3.63, 3.8) is 0 Å². The third-order valence-electron chi connectivity index (χ3n) is 6.83. The van der Waals surface area contributed by atoms with Gasteiger partial charge in [0.1, 0.15) is 5.75 Å². The number of benzene rings is 2. The number of hydrogen-bond donors (Lipinski definition) is 0. The fraction of sp³-hybridized carbons (Fsp3) is 0.100. The molecule has 0 spiro atoms. The summed E-state index contributed by atoms with van der Waals surface area (Å²) in [7, 11) is 1.65. The number of aromatic nitrogens is 7. The molecule has 40 heavy (non-hydrogen) atoms. The molecule has 0 amide bonds. The van der Waals surface area contributed by atoms with E-state index in [1.54, 1.807) is 44.8 Å². The summed E-state index contributed by atoms with van der Waals surface area (Å²) in [6.07, 6.45) is 5.33. The highest BCUT2D eigenvalue weighted by molar-refractivity contribution is 7.16. The SMILES string of the molecule is COc1ccc(Cn2cc(-n3ccc4c(-c5ccc6ncsc6c5)n(-c5cccc(C)n5)nc4c3=O)cn2)cc1. The van der Waals surface area contributed by atoms with Gasteiger partial charge in [-0.05, 0) is 55.0 Å². The maximum atomic E-state index is 13.8. The molecule has 0 saturated heterocycles. The second-order valence-corrected chi connectivity index (χ2v) is 10.3. The van der Waals surface area contributed by atoms with Gasteiger partial charge in [0.2, 0.25) is 0 Å². The molecule has 0 aliphatic rings. The Morgan fingerprint density at radius 2 is 1.90 bits per heavy atom.